The van der Waals surface area contributed by atoms with E-state index in [9.17, 15) is 14.4 Å². The van der Waals surface area contributed by atoms with Crippen LogP contribution in [0, 0.1) is 0 Å². The highest BCUT2D eigenvalue weighted by Crippen LogP contribution is 2.26. The van der Waals surface area contributed by atoms with Crippen LogP contribution in [-0.2, 0) is 23.7 Å². The fourth-order valence-electron chi connectivity index (χ4n) is 2.79. The number of carbonyl (C=O) groups is 3. The summed E-state index contributed by atoms with van der Waals surface area (Å²) in [5, 5.41) is 0. The van der Waals surface area contributed by atoms with Crippen LogP contribution in [0.1, 0.15) is 34.1 Å². The highest BCUT2D eigenvalue weighted by atomic mass is 16.7. The second kappa shape index (κ2) is 9.14. The lowest BCUT2D eigenvalue weighted by Crippen LogP contribution is -2.31. The maximum absolute atomic E-state index is 12.3. The van der Waals surface area contributed by atoms with E-state index in [-0.39, 0.29) is 13.0 Å². The van der Waals surface area contributed by atoms with E-state index >= 15 is 0 Å². The maximum atomic E-state index is 12.3. The minimum atomic E-state index is -1.05. The van der Waals surface area contributed by atoms with Crippen molar-refractivity contribution in [3.63, 3.8) is 0 Å². The Bertz CT molecular complexity index is 819. The van der Waals surface area contributed by atoms with Crippen LogP contribution < -0.4 is 0 Å². The van der Waals surface area contributed by atoms with E-state index in [1.54, 1.807) is 60.7 Å². The molecular weight excluding hydrogens is 364 g/mol. The van der Waals surface area contributed by atoms with Crippen molar-refractivity contribution in [2.24, 2.45) is 0 Å². The average Bonchev–Trinajstić information content (AvgIpc) is 3.08. The summed E-state index contributed by atoms with van der Waals surface area (Å²) in [5.41, 5.74) is 0.798. The molecule has 1 saturated heterocycles. The molecule has 1 aliphatic heterocycles. The van der Waals surface area contributed by atoms with E-state index in [2.05, 4.69) is 0 Å². The van der Waals surface area contributed by atoms with Crippen LogP contribution in [0.5, 0.6) is 0 Å². The molecule has 0 amide bonds. The van der Waals surface area contributed by atoms with Crippen LogP contribution in [0.25, 0.3) is 0 Å². The molecule has 0 bridgehead atoms. The highest BCUT2D eigenvalue weighted by Gasteiger charge is 2.41. The van der Waals surface area contributed by atoms with E-state index in [1.165, 1.54) is 6.92 Å². The summed E-state index contributed by atoms with van der Waals surface area (Å²) in [4.78, 5) is 35.7. The zero-order chi connectivity index (χ0) is 19.9. The van der Waals surface area contributed by atoms with Crippen molar-refractivity contribution in [2.75, 3.05) is 6.61 Å². The monoisotopic (exact) mass is 384 g/mol. The number of hydrogen-bond donors (Lipinski definition) is 0. The van der Waals surface area contributed by atoms with Gasteiger partial charge >= 0.3 is 17.9 Å². The summed E-state index contributed by atoms with van der Waals surface area (Å²) in [5.74, 6) is -1.60. The van der Waals surface area contributed by atoms with Crippen LogP contribution >= 0.6 is 0 Å². The van der Waals surface area contributed by atoms with Crippen molar-refractivity contribution >= 4 is 17.9 Å². The first-order chi connectivity index (χ1) is 13.5. The largest absolute Gasteiger partial charge is 0.459 e. The molecule has 0 saturated carbocycles. The number of carbonyl (C=O) groups excluding carboxylic acids is 3. The predicted octanol–water partition coefficient (Wildman–Crippen LogP) is 2.75. The highest BCUT2D eigenvalue weighted by molar-refractivity contribution is 5.89. The molecule has 0 N–H and O–H groups in total. The third kappa shape index (κ3) is 5.17. The minimum absolute atomic E-state index is 0.0507. The van der Waals surface area contributed by atoms with Gasteiger partial charge in [-0.3, -0.25) is 4.79 Å². The number of hydrogen-bond acceptors (Lipinski definition) is 7. The maximum Gasteiger partial charge on any atom is 0.338 e. The molecule has 1 aliphatic rings. The van der Waals surface area contributed by atoms with Gasteiger partial charge in [-0.25, -0.2) is 9.59 Å². The number of ether oxygens (including phenoxy) is 4. The molecule has 0 radical (unpaired) electrons. The Morgan fingerprint density at radius 1 is 0.893 bits per heavy atom. The normalized spacial score (nSPS) is 21.0. The van der Waals surface area contributed by atoms with Crippen molar-refractivity contribution in [2.45, 2.75) is 31.8 Å². The Balaban J connectivity index is 1.59. The Kier molecular flexibility index (Phi) is 6.39. The second-order valence-corrected chi connectivity index (χ2v) is 6.25. The Hall–Kier alpha value is -3.19. The molecule has 146 valence electrons. The van der Waals surface area contributed by atoms with E-state index in [4.69, 9.17) is 18.9 Å². The summed E-state index contributed by atoms with van der Waals surface area (Å²) in [6, 6.07) is 17.0. The topological polar surface area (TPSA) is 88.1 Å². The minimum Gasteiger partial charge on any atom is -0.459 e. The molecule has 3 unspecified atom stereocenters. The van der Waals surface area contributed by atoms with Crippen molar-refractivity contribution in [3.8, 4) is 0 Å². The van der Waals surface area contributed by atoms with Gasteiger partial charge in [-0.1, -0.05) is 36.4 Å². The summed E-state index contributed by atoms with van der Waals surface area (Å²) in [7, 11) is 0. The SMILES string of the molecule is CC(=O)OC1OC(COC(=O)c2ccccc2)CC1OC(=O)c1ccccc1. The van der Waals surface area contributed by atoms with Crippen LogP contribution in [0.2, 0.25) is 0 Å². The van der Waals surface area contributed by atoms with Crippen LogP contribution in [0.3, 0.4) is 0 Å². The predicted molar refractivity (Wildman–Crippen MR) is 97.4 cm³/mol. The lowest BCUT2D eigenvalue weighted by molar-refractivity contribution is -0.187. The summed E-state index contributed by atoms with van der Waals surface area (Å²) in [6.45, 7) is 1.19. The molecular formula is C21H20O7. The third-order valence-electron chi connectivity index (χ3n) is 4.09. The molecule has 0 spiro atoms. The van der Waals surface area contributed by atoms with Gasteiger partial charge in [-0.05, 0) is 24.3 Å². The van der Waals surface area contributed by atoms with Crippen LogP contribution in [0.15, 0.2) is 60.7 Å². The summed E-state index contributed by atoms with van der Waals surface area (Å²) >= 11 is 0. The van der Waals surface area contributed by atoms with E-state index in [1.807, 2.05) is 0 Å². The van der Waals surface area contributed by atoms with E-state index in [0.29, 0.717) is 11.1 Å². The van der Waals surface area contributed by atoms with Crippen molar-refractivity contribution in [3.05, 3.63) is 71.8 Å². The fraction of sp³-hybridized carbons (Fsp3) is 0.286. The lowest BCUT2D eigenvalue weighted by Gasteiger charge is -2.18. The molecule has 0 aliphatic carbocycles. The fourth-order valence-corrected chi connectivity index (χ4v) is 2.79. The molecule has 7 nitrogen and oxygen atoms in total. The van der Waals surface area contributed by atoms with Gasteiger partial charge in [0.05, 0.1) is 17.2 Å². The number of benzene rings is 2. The number of rotatable bonds is 6. The first kappa shape index (κ1) is 19.6. The smallest absolute Gasteiger partial charge is 0.338 e. The van der Waals surface area contributed by atoms with E-state index < -0.39 is 36.4 Å². The molecule has 3 rings (SSSR count). The zero-order valence-electron chi connectivity index (χ0n) is 15.3. The third-order valence-corrected chi connectivity index (χ3v) is 4.09. The molecule has 0 aromatic heterocycles. The molecule has 1 fully saturated rings. The van der Waals surface area contributed by atoms with Gasteiger partial charge < -0.3 is 18.9 Å². The molecule has 2 aromatic carbocycles. The Labute approximate surface area is 162 Å². The van der Waals surface area contributed by atoms with Crippen LogP contribution in [-0.4, -0.2) is 43.0 Å². The summed E-state index contributed by atoms with van der Waals surface area (Å²) in [6.07, 6.45) is -2.17. The van der Waals surface area contributed by atoms with Crippen LogP contribution in [0.4, 0.5) is 0 Å². The quantitative estimate of drug-likeness (QED) is 0.559. The summed E-state index contributed by atoms with van der Waals surface area (Å²) < 4.78 is 21.4. The first-order valence-electron chi connectivity index (χ1n) is 8.84. The molecule has 1 heterocycles. The molecule has 2 aromatic rings. The standard InChI is InChI=1S/C21H20O7/c1-14(22)26-21-18(28-20(24)16-10-6-3-7-11-16)12-17(27-21)13-25-19(23)15-8-4-2-5-9-15/h2-11,17-18,21H,12-13H2,1H3. The van der Waals surface area contributed by atoms with E-state index in [0.717, 1.165) is 0 Å². The number of esters is 3. The molecule has 3 atom stereocenters. The second-order valence-electron chi connectivity index (χ2n) is 6.25. The van der Waals surface area contributed by atoms with Gasteiger partial charge in [0.1, 0.15) is 6.61 Å². The first-order valence-corrected chi connectivity index (χ1v) is 8.84. The zero-order valence-corrected chi connectivity index (χ0v) is 15.3. The lowest BCUT2D eigenvalue weighted by atomic mass is 10.2. The Morgan fingerprint density at radius 2 is 1.46 bits per heavy atom. The molecule has 28 heavy (non-hydrogen) atoms. The van der Waals surface area contributed by atoms with Gasteiger partial charge in [0.15, 0.2) is 6.10 Å². The van der Waals surface area contributed by atoms with Gasteiger partial charge in [0.25, 0.3) is 0 Å². The van der Waals surface area contributed by atoms with Gasteiger partial charge in [-0.15, -0.1) is 0 Å². The molecule has 7 heteroatoms. The Morgan fingerprint density at radius 3 is 2.04 bits per heavy atom. The van der Waals surface area contributed by atoms with Crippen molar-refractivity contribution in [1.29, 1.82) is 0 Å². The van der Waals surface area contributed by atoms with Crippen molar-refractivity contribution in [1.82, 2.24) is 0 Å². The van der Waals surface area contributed by atoms with Gasteiger partial charge in [0.2, 0.25) is 6.29 Å². The average molecular weight is 384 g/mol. The van der Waals surface area contributed by atoms with Crippen molar-refractivity contribution < 1.29 is 33.3 Å². The van der Waals surface area contributed by atoms with Gasteiger partial charge in [0, 0.05) is 13.3 Å². The van der Waals surface area contributed by atoms with Gasteiger partial charge in [-0.2, -0.15) is 0 Å².